The Kier molecular flexibility index (Phi) is 7.93. The second-order valence-electron chi connectivity index (χ2n) is 7.24. The van der Waals surface area contributed by atoms with E-state index in [2.05, 4.69) is 20.7 Å². The SMILES string of the molecule is COc1ccc(-c2nnc(SCC(=O)N/N=C\c3ccccc3[N+](=O)[O-])n2-c2ccc(Cl)cc2)cc1. The van der Waals surface area contributed by atoms with Crippen LogP contribution in [0.3, 0.4) is 0 Å². The molecule has 0 unspecified atom stereocenters. The maximum absolute atomic E-state index is 12.4. The van der Waals surface area contributed by atoms with Gasteiger partial charge in [-0.25, -0.2) is 5.43 Å². The normalized spacial score (nSPS) is 10.9. The summed E-state index contributed by atoms with van der Waals surface area (Å²) in [6.45, 7) is 0. The first-order chi connectivity index (χ1) is 17.5. The second kappa shape index (κ2) is 11.5. The molecule has 0 saturated carbocycles. The molecule has 0 saturated heterocycles. The Labute approximate surface area is 215 Å². The lowest BCUT2D eigenvalue weighted by Gasteiger charge is -2.11. The number of carbonyl (C=O) groups is 1. The van der Waals surface area contributed by atoms with E-state index < -0.39 is 10.8 Å². The van der Waals surface area contributed by atoms with E-state index in [0.29, 0.717) is 21.8 Å². The molecule has 182 valence electrons. The molecule has 0 aliphatic carbocycles. The van der Waals surface area contributed by atoms with Crippen LogP contribution in [-0.4, -0.2) is 44.7 Å². The zero-order chi connectivity index (χ0) is 25.5. The monoisotopic (exact) mass is 522 g/mol. The maximum Gasteiger partial charge on any atom is 0.278 e. The van der Waals surface area contributed by atoms with Gasteiger partial charge >= 0.3 is 0 Å². The number of halogens is 1. The Morgan fingerprint density at radius 3 is 2.56 bits per heavy atom. The van der Waals surface area contributed by atoms with Crippen LogP contribution in [0.1, 0.15) is 5.56 Å². The molecule has 0 spiro atoms. The number of hydrogen-bond acceptors (Lipinski definition) is 8. The van der Waals surface area contributed by atoms with Gasteiger partial charge < -0.3 is 4.74 Å². The van der Waals surface area contributed by atoms with Crippen LogP contribution in [0.4, 0.5) is 5.69 Å². The fraction of sp³-hybridized carbons (Fsp3) is 0.0833. The summed E-state index contributed by atoms with van der Waals surface area (Å²) in [7, 11) is 1.59. The predicted molar refractivity (Wildman–Crippen MR) is 138 cm³/mol. The number of carbonyl (C=O) groups excluding carboxylic acids is 1. The van der Waals surface area contributed by atoms with Crippen molar-refractivity contribution in [3.63, 3.8) is 0 Å². The van der Waals surface area contributed by atoms with Crippen LogP contribution in [0.2, 0.25) is 5.02 Å². The maximum atomic E-state index is 12.4. The van der Waals surface area contributed by atoms with Crippen molar-refractivity contribution in [2.75, 3.05) is 12.9 Å². The molecule has 10 nitrogen and oxygen atoms in total. The van der Waals surface area contributed by atoms with E-state index >= 15 is 0 Å². The van der Waals surface area contributed by atoms with Crippen LogP contribution >= 0.6 is 23.4 Å². The molecule has 36 heavy (non-hydrogen) atoms. The number of benzene rings is 3. The molecule has 3 aromatic carbocycles. The molecule has 0 fully saturated rings. The first-order valence-electron chi connectivity index (χ1n) is 10.5. The van der Waals surface area contributed by atoms with Gasteiger partial charge in [-0.3, -0.25) is 19.5 Å². The lowest BCUT2D eigenvalue weighted by Crippen LogP contribution is -2.20. The topological polar surface area (TPSA) is 125 Å². The minimum Gasteiger partial charge on any atom is -0.497 e. The molecule has 0 aliphatic rings. The minimum absolute atomic E-state index is 0.0114. The molecule has 1 heterocycles. The van der Waals surface area contributed by atoms with E-state index in [0.717, 1.165) is 11.3 Å². The van der Waals surface area contributed by atoms with Gasteiger partial charge in [-0.2, -0.15) is 5.10 Å². The number of nitrogens with zero attached hydrogens (tertiary/aromatic N) is 5. The summed E-state index contributed by atoms with van der Waals surface area (Å²) in [5, 5.41) is 24.6. The molecule has 12 heteroatoms. The number of hydrogen-bond donors (Lipinski definition) is 1. The average Bonchev–Trinajstić information content (AvgIpc) is 3.32. The largest absolute Gasteiger partial charge is 0.497 e. The Hall–Kier alpha value is -4.22. The third-order valence-corrected chi connectivity index (χ3v) is 6.11. The van der Waals surface area contributed by atoms with Gasteiger partial charge in [-0.1, -0.05) is 35.5 Å². The van der Waals surface area contributed by atoms with Crippen molar-refractivity contribution >= 4 is 41.2 Å². The summed E-state index contributed by atoms with van der Waals surface area (Å²) in [5.74, 6) is 0.871. The zero-order valence-corrected chi connectivity index (χ0v) is 20.4. The average molecular weight is 523 g/mol. The van der Waals surface area contributed by atoms with Crippen LogP contribution < -0.4 is 10.2 Å². The van der Waals surface area contributed by atoms with Crippen molar-refractivity contribution in [1.29, 1.82) is 0 Å². The number of amides is 1. The van der Waals surface area contributed by atoms with E-state index in [1.54, 1.807) is 31.4 Å². The summed E-state index contributed by atoms with van der Waals surface area (Å²) in [4.78, 5) is 23.0. The number of aromatic nitrogens is 3. The number of nitro groups is 1. The van der Waals surface area contributed by atoms with Crippen LogP contribution in [0.25, 0.3) is 17.1 Å². The highest BCUT2D eigenvalue weighted by atomic mass is 35.5. The van der Waals surface area contributed by atoms with E-state index in [4.69, 9.17) is 16.3 Å². The molecule has 1 amide bonds. The molecule has 4 aromatic rings. The van der Waals surface area contributed by atoms with E-state index in [-0.39, 0.29) is 17.0 Å². The Bertz CT molecular complexity index is 1410. The van der Waals surface area contributed by atoms with Gasteiger partial charge in [0.2, 0.25) is 0 Å². The van der Waals surface area contributed by atoms with Crippen molar-refractivity contribution in [2.45, 2.75) is 5.16 Å². The van der Waals surface area contributed by atoms with Crippen LogP contribution in [-0.2, 0) is 4.79 Å². The molecular formula is C24H19ClN6O4S. The highest BCUT2D eigenvalue weighted by Gasteiger charge is 2.18. The Morgan fingerprint density at radius 2 is 1.86 bits per heavy atom. The van der Waals surface area contributed by atoms with E-state index in [1.807, 2.05) is 41.0 Å². The van der Waals surface area contributed by atoms with Gasteiger partial charge in [0.25, 0.3) is 11.6 Å². The zero-order valence-electron chi connectivity index (χ0n) is 18.9. The molecule has 0 aliphatic heterocycles. The van der Waals surface area contributed by atoms with Crippen molar-refractivity contribution < 1.29 is 14.5 Å². The van der Waals surface area contributed by atoms with Crippen LogP contribution in [0, 0.1) is 10.1 Å². The first-order valence-corrected chi connectivity index (χ1v) is 11.9. The highest BCUT2D eigenvalue weighted by Crippen LogP contribution is 2.29. The van der Waals surface area contributed by atoms with Crippen molar-refractivity contribution in [1.82, 2.24) is 20.2 Å². The standard InChI is InChI=1S/C24H19ClN6O4S/c1-35-20-12-6-16(7-13-20)23-28-29-24(30(23)19-10-8-18(25)9-11-19)36-15-22(32)27-26-14-17-4-2-3-5-21(17)31(33)34/h2-14H,15H2,1H3,(H,27,32)/b26-14-. The quantitative estimate of drug-likeness (QED) is 0.145. The number of nitrogens with one attached hydrogen (secondary N) is 1. The number of para-hydroxylation sites is 1. The number of thioether (sulfide) groups is 1. The van der Waals surface area contributed by atoms with E-state index in [1.165, 1.54) is 30.1 Å². The Balaban J connectivity index is 1.51. The molecule has 1 aromatic heterocycles. The van der Waals surface area contributed by atoms with Crippen LogP contribution in [0.5, 0.6) is 5.75 Å². The molecule has 4 rings (SSSR count). The number of hydrazone groups is 1. The lowest BCUT2D eigenvalue weighted by atomic mass is 10.2. The summed E-state index contributed by atoms with van der Waals surface area (Å²) >= 11 is 7.23. The molecule has 0 bridgehead atoms. The van der Waals surface area contributed by atoms with Gasteiger partial charge in [0, 0.05) is 22.3 Å². The molecule has 0 atom stereocenters. The van der Waals surface area contributed by atoms with Gasteiger partial charge in [-0.05, 0) is 54.6 Å². The minimum atomic E-state index is -0.511. The van der Waals surface area contributed by atoms with E-state index in [9.17, 15) is 14.9 Å². The fourth-order valence-corrected chi connectivity index (χ4v) is 4.08. The Morgan fingerprint density at radius 1 is 1.14 bits per heavy atom. The smallest absolute Gasteiger partial charge is 0.278 e. The van der Waals surface area contributed by atoms with Gasteiger partial charge in [-0.15, -0.1) is 10.2 Å². The third kappa shape index (κ3) is 5.88. The van der Waals surface area contributed by atoms with Crippen LogP contribution in [0.15, 0.2) is 83.1 Å². The second-order valence-corrected chi connectivity index (χ2v) is 8.62. The summed E-state index contributed by atoms with van der Waals surface area (Å²) < 4.78 is 7.06. The molecule has 0 radical (unpaired) electrons. The number of rotatable bonds is 9. The molecular weight excluding hydrogens is 504 g/mol. The van der Waals surface area contributed by atoms with Gasteiger partial charge in [0.1, 0.15) is 5.75 Å². The first kappa shape index (κ1) is 24.9. The van der Waals surface area contributed by atoms with Crippen molar-refractivity contribution in [2.24, 2.45) is 5.10 Å². The van der Waals surface area contributed by atoms with Crippen molar-refractivity contribution in [3.8, 4) is 22.8 Å². The van der Waals surface area contributed by atoms with Gasteiger partial charge in [0.15, 0.2) is 11.0 Å². The predicted octanol–water partition coefficient (Wildman–Crippen LogP) is 4.75. The van der Waals surface area contributed by atoms with Crippen molar-refractivity contribution in [3.05, 3.63) is 93.5 Å². The molecule has 1 N–H and O–H groups in total. The van der Waals surface area contributed by atoms with Gasteiger partial charge in [0.05, 0.1) is 29.6 Å². The number of methoxy groups -OCH3 is 1. The highest BCUT2D eigenvalue weighted by molar-refractivity contribution is 7.99. The fourth-order valence-electron chi connectivity index (χ4n) is 3.21. The summed E-state index contributed by atoms with van der Waals surface area (Å²) in [6, 6.07) is 20.7. The summed E-state index contributed by atoms with van der Waals surface area (Å²) in [5.41, 5.74) is 4.14. The number of nitro benzene ring substituents is 1. The lowest BCUT2D eigenvalue weighted by molar-refractivity contribution is -0.385. The third-order valence-electron chi connectivity index (χ3n) is 4.93. The number of ether oxygens (including phenoxy) is 1. The summed E-state index contributed by atoms with van der Waals surface area (Å²) in [6.07, 6.45) is 1.23.